The zero-order chi connectivity index (χ0) is 10.6. The van der Waals surface area contributed by atoms with Gasteiger partial charge in [0.15, 0.2) is 0 Å². The molecule has 14 heavy (non-hydrogen) atoms. The SMILES string of the molecule is CCc1cccc(Br)c1C[C@@H](N)CO. The predicted octanol–water partition coefficient (Wildman–Crippen LogP) is 1.87. The minimum atomic E-state index is -0.168. The van der Waals surface area contributed by atoms with Gasteiger partial charge in [0.1, 0.15) is 0 Å². The maximum absolute atomic E-state index is 8.91. The average Bonchev–Trinajstić information content (AvgIpc) is 2.20. The Bertz CT molecular complexity index is 301. The Morgan fingerprint density at radius 3 is 2.79 bits per heavy atom. The summed E-state index contributed by atoms with van der Waals surface area (Å²) in [6.07, 6.45) is 1.72. The molecule has 0 radical (unpaired) electrons. The largest absolute Gasteiger partial charge is 0.395 e. The quantitative estimate of drug-likeness (QED) is 0.866. The summed E-state index contributed by atoms with van der Waals surface area (Å²) in [7, 11) is 0. The smallest absolute Gasteiger partial charge is 0.0585 e. The number of rotatable bonds is 4. The maximum Gasteiger partial charge on any atom is 0.0585 e. The van der Waals surface area contributed by atoms with Crippen molar-refractivity contribution in [3.8, 4) is 0 Å². The Morgan fingerprint density at radius 2 is 2.21 bits per heavy atom. The molecule has 2 nitrogen and oxygen atoms in total. The molecule has 0 bridgehead atoms. The van der Waals surface area contributed by atoms with Gasteiger partial charge in [0.2, 0.25) is 0 Å². The van der Waals surface area contributed by atoms with Gasteiger partial charge in [-0.15, -0.1) is 0 Å². The Kier molecular flexibility index (Phi) is 4.58. The highest BCUT2D eigenvalue weighted by atomic mass is 79.9. The predicted molar refractivity (Wildman–Crippen MR) is 62.3 cm³/mol. The van der Waals surface area contributed by atoms with Crippen LogP contribution in [0.5, 0.6) is 0 Å². The lowest BCUT2D eigenvalue weighted by Crippen LogP contribution is -2.27. The van der Waals surface area contributed by atoms with Crippen LogP contribution in [0.15, 0.2) is 22.7 Å². The molecule has 0 saturated carbocycles. The second-order valence-corrected chi connectivity index (χ2v) is 4.23. The Hall–Kier alpha value is -0.380. The first kappa shape index (κ1) is 11.7. The van der Waals surface area contributed by atoms with Crippen molar-refractivity contribution in [3.05, 3.63) is 33.8 Å². The first-order valence-corrected chi connectivity index (χ1v) is 5.61. The number of halogens is 1. The normalized spacial score (nSPS) is 12.9. The van der Waals surface area contributed by atoms with E-state index in [0.29, 0.717) is 0 Å². The van der Waals surface area contributed by atoms with E-state index in [2.05, 4.69) is 28.9 Å². The second kappa shape index (κ2) is 5.49. The highest BCUT2D eigenvalue weighted by Crippen LogP contribution is 2.22. The van der Waals surface area contributed by atoms with Gasteiger partial charge >= 0.3 is 0 Å². The zero-order valence-corrected chi connectivity index (χ0v) is 9.92. The Balaban J connectivity index is 2.92. The molecule has 0 aliphatic heterocycles. The molecule has 1 atom stereocenters. The minimum Gasteiger partial charge on any atom is -0.395 e. The van der Waals surface area contributed by atoms with E-state index in [4.69, 9.17) is 10.8 Å². The molecule has 0 heterocycles. The van der Waals surface area contributed by atoms with E-state index in [0.717, 1.165) is 17.3 Å². The molecule has 0 amide bonds. The fourth-order valence-electron chi connectivity index (χ4n) is 1.49. The molecule has 0 fully saturated rings. The molecule has 0 aromatic heterocycles. The van der Waals surface area contributed by atoms with E-state index in [1.165, 1.54) is 11.1 Å². The Labute approximate surface area is 93.3 Å². The molecule has 78 valence electrons. The summed E-state index contributed by atoms with van der Waals surface area (Å²) in [4.78, 5) is 0. The first-order chi connectivity index (χ1) is 6.69. The summed E-state index contributed by atoms with van der Waals surface area (Å²) in [6.45, 7) is 2.15. The highest BCUT2D eigenvalue weighted by molar-refractivity contribution is 9.10. The van der Waals surface area contributed by atoms with E-state index in [9.17, 15) is 0 Å². The number of aliphatic hydroxyl groups is 1. The van der Waals surface area contributed by atoms with Crippen molar-refractivity contribution in [1.29, 1.82) is 0 Å². The van der Waals surface area contributed by atoms with Crippen molar-refractivity contribution in [1.82, 2.24) is 0 Å². The van der Waals surface area contributed by atoms with Crippen LogP contribution in [0.4, 0.5) is 0 Å². The molecule has 0 spiro atoms. The lowest BCUT2D eigenvalue weighted by molar-refractivity contribution is 0.265. The third kappa shape index (κ3) is 2.80. The molecular formula is C11H16BrNO. The van der Waals surface area contributed by atoms with Gasteiger partial charge in [-0.1, -0.05) is 35.0 Å². The van der Waals surface area contributed by atoms with Crippen molar-refractivity contribution in [2.45, 2.75) is 25.8 Å². The maximum atomic E-state index is 8.91. The van der Waals surface area contributed by atoms with Gasteiger partial charge in [-0.05, 0) is 30.0 Å². The van der Waals surface area contributed by atoms with Gasteiger partial charge in [0.05, 0.1) is 6.61 Å². The summed E-state index contributed by atoms with van der Waals surface area (Å²) in [5.74, 6) is 0. The van der Waals surface area contributed by atoms with Crippen molar-refractivity contribution >= 4 is 15.9 Å². The van der Waals surface area contributed by atoms with Crippen molar-refractivity contribution in [3.63, 3.8) is 0 Å². The number of benzene rings is 1. The van der Waals surface area contributed by atoms with Crippen LogP contribution in [0.25, 0.3) is 0 Å². The van der Waals surface area contributed by atoms with Crippen molar-refractivity contribution < 1.29 is 5.11 Å². The van der Waals surface area contributed by atoms with Crippen molar-refractivity contribution in [2.24, 2.45) is 5.73 Å². The Morgan fingerprint density at radius 1 is 1.50 bits per heavy atom. The van der Waals surface area contributed by atoms with E-state index in [1.54, 1.807) is 0 Å². The van der Waals surface area contributed by atoms with Crippen molar-refractivity contribution in [2.75, 3.05) is 6.61 Å². The van der Waals surface area contributed by atoms with E-state index in [-0.39, 0.29) is 12.6 Å². The lowest BCUT2D eigenvalue weighted by Gasteiger charge is -2.13. The summed E-state index contributed by atoms with van der Waals surface area (Å²) < 4.78 is 1.08. The molecule has 3 N–H and O–H groups in total. The number of aliphatic hydroxyl groups excluding tert-OH is 1. The van der Waals surface area contributed by atoms with E-state index < -0.39 is 0 Å². The number of hydrogen-bond acceptors (Lipinski definition) is 2. The average molecular weight is 258 g/mol. The fourth-order valence-corrected chi connectivity index (χ4v) is 2.06. The lowest BCUT2D eigenvalue weighted by atomic mass is 9.99. The molecule has 0 saturated heterocycles. The minimum absolute atomic E-state index is 0.0322. The van der Waals surface area contributed by atoms with Gasteiger partial charge in [0, 0.05) is 10.5 Å². The molecule has 0 aliphatic carbocycles. The van der Waals surface area contributed by atoms with Crippen LogP contribution in [-0.2, 0) is 12.8 Å². The van der Waals surface area contributed by atoms with Gasteiger partial charge in [-0.2, -0.15) is 0 Å². The van der Waals surface area contributed by atoms with Crippen LogP contribution in [0, 0.1) is 0 Å². The first-order valence-electron chi connectivity index (χ1n) is 4.81. The van der Waals surface area contributed by atoms with E-state index >= 15 is 0 Å². The summed E-state index contributed by atoms with van der Waals surface area (Å²) in [5.41, 5.74) is 8.24. The zero-order valence-electron chi connectivity index (χ0n) is 8.33. The van der Waals surface area contributed by atoms with Gasteiger partial charge in [-0.3, -0.25) is 0 Å². The molecule has 1 aromatic rings. The van der Waals surface area contributed by atoms with Gasteiger partial charge in [0.25, 0.3) is 0 Å². The molecule has 1 rings (SSSR count). The molecule has 3 heteroatoms. The van der Waals surface area contributed by atoms with Crippen LogP contribution in [0.1, 0.15) is 18.1 Å². The number of aryl methyl sites for hydroxylation is 1. The highest BCUT2D eigenvalue weighted by Gasteiger charge is 2.09. The van der Waals surface area contributed by atoms with Crippen LogP contribution in [0.2, 0.25) is 0 Å². The molecule has 0 aliphatic rings. The second-order valence-electron chi connectivity index (χ2n) is 3.38. The van der Waals surface area contributed by atoms with Crippen LogP contribution >= 0.6 is 15.9 Å². The monoisotopic (exact) mass is 257 g/mol. The molecule has 1 aromatic carbocycles. The summed E-state index contributed by atoms with van der Waals surface area (Å²) in [6, 6.07) is 5.97. The topological polar surface area (TPSA) is 46.2 Å². The van der Waals surface area contributed by atoms with Crippen LogP contribution < -0.4 is 5.73 Å². The number of hydrogen-bond donors (Lipinski definition) is 2. The van der Waals surface area contributed by atoms with Gasteiger partial charge in [-0.25, -0.2) is 0 Å². The third-order valence-corrected chi connectivity index (χ3v) is 3.04. The van der Waals surface area contributed by atoms with Crippen LogP contribution in [0.3, 0.4) is 0 Å². The molecule has 0 unspecified atom stereocenters. The van der Waals surface area contributed by atoms with E-state index in [1.807, 2.05) is 12.1 Å². The fraction of sp³-hybridized carbons (Fsp3) is 0.455. The standard InChI is InChI=1S/C11H16BrNO/c1-2-8-4-3-5-11(12)10(8)6-9(13)7-14/h3-5,9,14H,2,6-7,13H2,1H3/t9-/m1/s1. The molecular weight excluding hydrogens is 242 g/mol. The van der Waals surface area contributed by atoms with Crippen LogP contribution in [-0.4, -0.2) is 17.8 Å². The summed E-state index contributed by atoms with van der Waals surface area (Å²) >= 11 is 3.51. The van der Waals surface area contributed by atoms with Gasteiger partial charge < -0.3 is 10.8 Å². The number of nitrogens with two attached hydrogens (primary N) is 1. The third-order valence-electron chi connectivity index (χ3n) is 2.30. The summed E-state index contributed by atoms with van der Waals surface area (Å²) in [5, 5.41) is 8.91.